The van der Waals surface area contributed by atoms with E-state index < -0.39 is 8.07 Å². The topological polar surface area (TPSA) is 152 Å². The van der Waals surface area contributed by atoms with Crippen LogP contribution in [0.5, 0.6) is 23.0 Å². The van der Waals surface area contributed by atoms with E-state index in [1.54, 1.807) is 0 Å². The van der Waals surface area contributed by atoms with E-state index in [4.69, 9.17) is 39.4 Å². The van der Waals surface area contributed by atoms with E-state index in [-0.39, 0.29) is 10.8 Å². The summed E-state index contributed by atoms with van der Waals surface area (Å²) in [6.45, 7) is 14.2. The van der Waals surface area contributed by atoms with Gasteiger partial charge < -0.3 is 9.47 Å². The van der Waals surface area contributed by atoms with Gasteiger partial charge >= 0.3 is 0 Å². The first-order chi connectivity index (χ1) is 70.7. The summed E-state index contributed by atoms with van der Waals surface area (Å²) in [5.41, 5.74) is 36.7. The van der Waals surface area contributed by atoms with Gasteiger partial charge in [-0.2, -0.15) is 0 Å². The summed E-state index contributed by atoms with van der Waals surface area (Å²) in [5.74, 6) is 8.94. The molecule has 0 bridgehead atoms. The molecule has 22 heteroatoms. The number of hydrogen-bond donors (Lipinski definition) is 0. The molecule has 0 aliphatic carbocycles. The Balaban J connectivity index is 0.0000000986. The number of ether oxygens (including phenoxy) is 2. The van der Waals surface area contributed by atoms with Gasteiger partial charge in [-0.15, -0.1) is 0 Å². The lowest BCUT2D eigenvalue weighted by atomic mass is 9.75. The number of fused-ring (bicyclic) bond motifs is 36. The fourth-order valence-corrected chi connectivity index (χ4v) is 28.2. The van der Waals surface area contributed by atoms with Gasteiger partial charge in [-0.1, -0.05) is 235 Å². The predicted molar refractivity (Wildman–Crippen MR) is 582 cm³/mol. The van der Waals surface area contributed by atoms with Crippen LogP contribution in [0.3, 0.4) is 0 Å². The second kappa shape index (κ2) is 29.4. The van der Waals surface area contributed by atoms with Gasteiger partial charge in [0.2, 0.25) is 34.7 Å². The minimum atomic E-state index is -2.26. The van der Waals surface area contributed by atoms with Crippen LogP contribution < -0.4 is 19.8 Å². The SMILES string of the molecule is CC1(C)c2cc(-n3c4ccccc4n4c5ccccc5nc34)ccc2Oc2c(-n3c4ccccc4n4c5ccccc5nc34)cccc21.CC1(C)c2cc(-n3c4ccccc4n4c5ccccc5nc34)ccc2Sc2c(-n3c4ccccc4n4c5ccccc5nc34)cccc21.C[Si]1(C)c2cc(-n3c4ccccc4n4c5ccccc5nc34)ccc2Oc2c(-n3c4ccccc4n4c5ccccc5nc34)cccc21. The Hall–Kier alpha value is -18.3. The predicted octanol–water partition coefficient (Wildman–Crippen LogP) is 27.7. The van der Waals surface area contributed by atoms with Crippen LogP contribution >= 0.6 is 11.8 Å². The molecule has 18 aromatic carbocycles. The monoisotopic (exact) mass is 1890 g/mol. The van der Waals surface area contributed by atoms with Gasteiger partial charge in [0, 0.05) is 48.8 Å². The van der Waals surface area contributed by atoms with Crippen LogP contribution in [-0.2, 0) is 10.8 Å². The minimum Gasteiger partial charge on any atom is -0.455 e. The molecule has 33 rings (SSSR count). The number of aromatic nitrogens is 18. The lowest BCUT2D eigenvalue weighted by Crippen LogP contribution is -2.56. The Morgan fingerprint density at radius 3 is 0.889 bits per heavy atom. The molecule has 30 aromatic rings. The molecule has 0 spiro atoms. The molecule has 0 saturated heterocycles. The maximum absolute atomic E-state index is 6.98. The largest absolute Gasteiger partial charge is 0.455 e. The Morgan fingerprint density at radius 2 is 0.500 bits per heavy atom. The van der Waals surface area contributed by atoms with E-state index in [9.17, 15) is 0 Å². The molecule has 0 N–H and O–H groups in total. The highest BCUT2D eigenvalue weighted by molar-refractivity contribution is 7.99. The summed E-state index contributed by atoms with van der Waals surface area (Å²) in [5, 5.41) is 2.54. The first-order valence-corrected chi connectivity index (χ1v) is 52.6. The van der Waals surface area contributed by atoms with E-state index in [0.29, 0.717) is 0 Å². The fraction of sp³-hybridized carbons (Fsp3) is 0.0656. The molecule has 0 fully saturated rings. The van der Waals surface area contributed by atoms with Gasteiger partial charge in [-0.25, -0.2) is 29.9 Å². The van der Waals surface area contributed by atoms with Crippen LogP contribution in [0.15, 0.2) is 410 Å². The first kappa shape index (κ1) is 80.7. The van der Waals surface area contributed by atoms with Crippen molar-refractivity contribution in [2.45, 2.75) is 61.4 Å². The van der Waals surface area contributed by atoms with Crippen molar-refractivity contribution in [3.8, 4) is 57.1 Å². The molecule has 0 amide bonds. The minimum absolute atomic E-state index is 0.249. The Morgan fingerprint density at radius 1 is 0.222 bits per heavy atom. The zero-order chi connectivity index (χ0) is 95.2. The summed E-state index contributed by atoms with van der Waals surface area (Å²) in [6, 6.07) is 141. The lowest BCUT2D eigenvalue weighted by Gasteiger charge is -2.36. The third-order valence-electron chi connectivity index (χ3n) is 30.7. The highest BCUT2D eigenvalue weighted by atomic mass is 32.2. The third kappa shape index (κ3) is 11.1. The Bertz CT molecular complexity index is 9870. The third-order valence-corrected chi connectivity index (χ3v) is 35.4. The van der Waals surface area contributed by atoms with Crippen LogP contribution in [0, 0.1) is 0 Å². The number of rotatable bonds is 6. The first-order valence-electron chi connectivity index (χ1n) is 48.8. The van der Waals surface area contributed by atoms with E-state index in [1.807, 2.05) is 36.0 Å². The van der Waals surface area contributed by atoms with Crippen LogP contribution in [0.4, 0.5) is 0 Å². The van der Waals surface area contributed by atoms with Crippen molar-refractivity contribution in [1.29, 1.82) is 0 Å². The number of para-hydroxylation sites is 26. The van der Waals surface area contributed by atoms with Crippen molar-refractivity contribution in [2.24, 2.45) is 0 Å². The van der Waals surface area contributed by atoms with Crippen molar-refractivity contribution in [1.82, 2.24) is 83.7 Å². The maximum atomic E-state index is 6.98. The molecule has 0 radical (unpaired) electrons. The van der Waals surface area contributed by atoms with E-state index in [0.717, 1.165) is 235 Å². The van der Waals surface area contributed by atoms with Crippen LogP contribution in [-0.4, -0.2) is 91.8 Å². The van der Waals surface area contributed by atoms with Crippen LogP contribution in [0.25, 0.3) is 201 Å². The summed E-state index contributed by atoms with van der Waals surface area (Å²) in [4.78, 5) is 33.3. The van der Waals surface area contributed by atoms with Crippen LogP contribution in [0.1, 0.15) is 49.9 Å². The standard InChI is InChI=1S/C41H28N6O.C41H28N6S.C40H28N6OSi/c2*1-41(2)26-12-11-21-36(47-35-20-10-9-19-34(35)46-31-16-6-4-14-29(31)43-40(46)47)38(26)48-37-23-22-25(24-27(37)41)44-32-17-7-8-18-33(32)45-30-15-5-3-13-28(30)42-39(44)45;1-48(2)36-21-11-20-34(46-33-19-10-9-18-32(33)45-29-15-6-4-13-27(29)42-40(45)46)38(36)47-35-23-22-25(24-37(35)48)43-30-16-7-8-17-31(30)44-28-14-5-3-12-26(28)41-39(43)44/h3*3-24H,1-2H3. The molecule has 144 heavy (non-hydrogen) atoms. The number of benzene rings is 18. The van der Waals surface area contributed by atoms with Crippen molar-refractivity contribution >= 4 is 197 Å². The van der Waals surface area contributed by atoms with Crippen LogP contribution in [0.2, 0.25) is 13.1 Å². The number of imidazole rings is 12. The molecular weight excluding hydrogens is 1810 g/mol. The molecule has 3 aliphatic heterocycles. The average Bonchev–Trinajstić information content (AvgIpc) is 1.58. The van der Waals surface area contributed by atoms with Crippen molar-refractivity contribution in [3.63, 3.8) is 0 Å². The van der Waals surface area contributed by atoms with Gasteiger partial charge in [0.15, 0.2) is 11.5 Å². The van der Waals surface area contributed by atoms with Crippen molar-refractivity contribution < 1.29 is 9.47 Å². The Labute approximate surface area is 825 Å². The summed E-state index contributed by atoms with van der Waals surface area (Å²) in [7, 11) is -2.26. The number of nitrogens with zero attached hydrogens (tertiary/aromatic N) is 18. The summed E-state index contributed by atoms with van der Waals surface area (Å²) >= 11 is 1.86. The van der Waals surface area contributed by atoms with E-state index in [2.05, 4.69) is 471 Å². The van der Waals surface area contributed by atoms with E-state index >= 15 is 0 Å². The summed E-state index contributed by atoms with van der Waals surface area (Å²) in [6.07, 6.45) is 0. The van der Waals surface area contributed by atoms with Gasteiger partial charge in [0.25, 0.3) is 0 Å². The number of hydrogen-bond acceptors (Lipinski definition) is 9. The second-order valence-electron chi connectivity index (χ2n) is 39.5. The zero-order valence-corrected chi connectivity index (χ0v) is 80.7. The second-order valence-corrected chi connectivity index (χ2v) is 44.9. The summed E-state index contributed by atoms with van der Waals surface area (Å²) < 4.78 is 41.3. The Kier molecular flexibility index (Phi) is 16.5. The van der Waals surface area contributed by atoms with Gasteiger partial charge in [0.1, 0.15) is 19.6 Å². The molecule has 20 nitrogen and oxygen atoms in total. The average molecular weight is 1890 g/mol. The molecular formula is C122H84N18O2SSi. The molecule has 0 unspecified atom stereocenters. The smallest absolute Gasteiger partial charge is 0.220 e. The normalized spacial score (nSPS) is 14.0. The quantitative estimate of drug-likeness (QED) is 0.148. The lowest BCUT2D eigenvalue weighted by molar-refractivity contribution is 0.416. The van der Waals surface area contributed by atoms with E-state index in [1.165, 1.54) is 31.3 Å². The molecule has 684 valence electrons. The maximum Gasteiger partial charge on any atom is 0.220 e. The van der Waals surface area contributed by atoms with Gasteiger partial charge in [0.05, 0.1) is 149 Å². The highest BCUT2D eigenvalue weighted by Crippen LogP contribution is 2.55. The van der Waals surface area contributed by atoms with Crippen molar-refractivity contribution in [2.75, 3.05) is 0 Å². The molecule has 0 atom stereocenters. The zero-order valence-electron chi connectivity index (χ0n) is 78.9. The fourth-order valence-electron chi connectivity index (χ4n) is 24.0. The molecule has 15 heterocycles. The molecule has 12 aromatic heterocycles. The van der Waals surface area contributed by atoms with Gasteiger partial charge in [-0.05, 0) is 240 Å². The van der Waals surface area contributed by atoms with Gasteiger partial charge in [-0.3, -0.25) is 53.8 Å². The molecule has 0 saturated carbocycles. The van der Waals surface area contributed by atoms with Crippen molar-refractivity contribution in [3.05, 3.63) is 423 Å². The highest BCUT2D eigenvalue weighted by Gasteiger charge is 2.42. The molecule has 3 aliphatic rings.